The van der Waals surface area contributed by atoms with E-state index in [-0.39, 0.29) is 11.9 Å². The minimum atomic E-state index is 0.245. The molecule has 1 aliphatic rings. The molecule has 0 aromatic rings. The van der Waals surface area contributed by atoms with Gasteiger partial charge >= 0.3 is 0 Å². The first-order valence-electron chi connectivity index (χ1n) is 5.66. The number of hydrogen-bond donors (Lipinski definition) is 0. The molecule has 1 fully saturated rings. The van der Waals surface area contributed by atoms with Gasteiger partial charge in [-0.05, 0) is 19.3 Å². The molecule has 0 saturated carbocycles. The van der Waals surface area contributed by atoms with Crippen molar-refractivity contribution in [1.82, 2.24) is 4.90 Å². The van der Waals surface area contributed by atoms with Gasteiger partial charge in [0.15, 0.2) is 0 Å². The van der Waals surface area contributed by atoms with E-state index in [1.54, 1.807) is 0 Å². The summed E-state index contributed by atoms with van der Waals surface area (Å²) in [6, 6.07) is 0.245. The summed E-state index contributed by atoms with van der Waals surface area (Å²) in [5.74, 6) is 2.71. The van der Waals surface area contributed by atoms with Gasteiger partial charge in [-0.2, -0.15) is 0 Å². The molecule has 1 saturated heterocycles. The summed E-state index contributed by atoms with van der Waals surface area (Å²) in [4.78, 5) is 13.8. The van der Waals surface area contributed by atoms with Gasteiger partial charge in [0.05, 0.1) is 12.6 Å². The Balaban J connectivity index is 2.33. The Labute approximate surface area is 111 Å². The van der Waals surface area contributed by atoms with Crippen LogP contribution < -0.4 is 0 Å². The second-order valence-electron chi connectivity index (χ2n) is 3.89. The molecule has 0 bridgehead atoms. The Morgan fingerprint density at radius 2 is 2.44 bits per heavy atom. The second-order valence-corrected chi connectivity index (χ2v) is 4.97. The van der Waals surface area contributed by atoms with Crippen LogP contribution in [0.5, 0.6) is 0 Å². The predicted molar refractivity (Wildman–Crippen MR) is 72.5 cm³/mol. The average Bonchev–Trinajstić information content (AvgIpc) is 2.74. The molecule has 90 valence electrons. The number of rotatable bonds is 6. The molecular formula is C12H18INO2. The minimum absolute atomic E-state index is 0.245. The van der Waals surface area contributed by atoms with Gasteiger partial charge < -0.3 is 9.64 Å². The number of amides is 1. The van der Waals surface area contributed by atoms with Crippen molar-refractivity contribution < 1.29 is 9.53 Å². The Morgan fingerprint density at radius 3 is 3.12 bits per heavy atom. The van der Waals surface area contributed by atoms with Crippen molar-refractivity contribution in [3.8, 4) is 12.3 Å². The van der Waals surface area contributed by atoms with Crippen molar-refractivity contribution in [2.75, 3.05) is 24.2 Å². The molecule has 0 aliphatic carbocycles. The van der Waals surface area contributed by atoms with E-state index < -0.39 is 0 Å². The summed E-state index contributed by atoms with van der Waals surface area (Å²) in [7, 11) is 0. The predicted octanol–water partition coefficient (Wildman–Crippen LogP) is 1.84. The maximum atomic E-state index is 11.9. The summed E-state index contributed by atoms with van der Waals surface area (Å²) in [5.41, 5.74) is 0. The van der Waals surface area contributed by atoms with Gasteiger partial charge in [0.2, 0.25) is 5.91 Å². The summed E-state index contributed by atoms with van der Waals surface area (Å²) < 4.78 is 6.36. The fourth-order valence-corrected chi connectivity index (χ4v) is 2.33. The van der Waals surface area contributed by atoms with Crippen molar-refractivity contribution in [2.45, 2.75) is 31.7 Å². The van der Waals surface area contributed by atoms with E-state index in [0.29, 0.717) is 19.6 Å². The third kappa shape index (κ3) is 4.30. The molecule has 16 heavy (non-hydrogen) atoms. The standard InChI is InChI=1S/C12H18INO2/c1-2-9-16-10-11-5-4-8-14(11)12(15)6-3-7-13/h1,11H,3-10H2. The number of likely N-dealkylation sites (tertiary alicyclic amines) is 1. The monoisotopic (exact) mass is 335 g/mol. The van der Waals surface area contributed by atoms with E-state index in [2.05, 4.69) is 28.5 Å². The van der Waals surface area contributed by atoms with Crippen LogP contribution in [0.3, 0.4) is 0 Å². The summed E-state index contributed by atoms with van der Waals surface area (Å²) in [6.45, 7) is 1.80. The quantitative estimate of drug-likeness (QED) is 0.321. The Hall–Kier alpha value is -0.280. The van der Waals surface area contributed by atoms with Crippen LogP contribution in [0, 0.1) is 12.3 Å². The number of hydrogen-bond acceptors (Lipinski definition) is 2. The number of carbonyl (C=O) groups is 1. The van der Waals surface area contributed by atoms with Crippen molar-refractivity contribution in [2.24, 2.45) is 0 Å². The van der Waals surface area contributed by atoms with Crippen LogP contribution in [0.15, 0.2) is 0 Å². The highest BCUT2D eigenvalue weighted by atomic mass is 127. The molecule has 4 heteroatoms. The zero-order valence-electron chi connectivity index (χ0n) is 9.45. The molecule has 0 N–H and O–H groups in total. The van der Waals surface area contributed by atoms with Gasteiger partial charge in [-0.1, -0.05) is 28.5 Å². The maximum absolute atomic E-state index is 11.9. The molecule has 1 unspecified atom stereocenters. The lowest BCUT2D eigenvalue weighted by Crippen LogP contribution is -2.38. The van der Waals surface area contributed by atoms with Crippen molar-refractivity contribution in [3.05, 3.63) is 0 Å². The van der Waals surface area contributed by atoms with E-state index in [1.807, 2.05) is 4.90 Å². The maximum Gasteiger partial charge on any atom is 0.222 e. The Kier molecular flexibility index (Phi) is 6.81. The number of carbonyl (C=O) groups excluding carboxylic acids is 1. The summed E-state index contributed by atoms with van der Waals surface area (Å²) in [6.07, 6.45) is 8.87. The van der Waals surface area contributed by atoms with Gasteiger partial charge in [-0.15, -0.1) is 6.42 Å². The molecular weight excluding hydrogens is 317 g/mol. The molecule has 1 rings (SSSR count). The smallest absolute Gasteiger partial charge is 0.222 e. The zero-order valence-corrected chi connectivity index (χ0v) is 11.6. The van der Waals surface area contributed by atoms with Gasteiger partial charge in [0.25, 0.3) is 0 Å². The van der Waals surface area contributed by atoms with Crippen LogP contribution in [0.2, 0.25) is 0 Å². The third-order valence-corrected chi connectivity index (χ3v) is 3.48. The molecule has 0 aromatic carbocycles. The fourth-order valence-electron chi connectivity index (χ4n) is 1.95. The number of ether oxygens (including phenoxy) is 1. The number of alkyl halides is 1. The first-order valence-corrected chi connectivity index (χ1v) is 7.18. The van der Waals surface area contributed by atoms with Crippen molar-refractivity contribution in [1.29, 1.82) is 0 Å². The first-order chi connectivity index (χ1) is 7.79. The topological polar surface area (TPSA) is 29.5 Å². The highest BCUT2D eigenvalue weighted by Gasteiger charge is 2.27. The number of terminal acetylenes is 1. The van der Waals surface area contributed by atoms with Gasteiger partial charge in [-0.3, -0.25) is 4.79 Å². The lowest BCUT2D eigenvalue weighted by atomic mass is 10.2. The minimum Gasteiger partial charge on any atom is -0.367 e. The molecule has 1 atom stereocenters. The Morgan fingerprint density at radius 1 is 1.62 bits per heavy atom. The Bertz CT molecular complexity index is 262. The number of nitrogens with zero attached hydrogens (tertiary/aromatic N) is 1. The molecule has 0 radical (unpaired) electrons. The first kappa shape index (κ1) is 13.8. The van der Waals surface area contributed by atoms with Gasteiger partial charge in [0, 0.05) is 17.4 Å². The lowest BCUT2D eigenvalue weighted by Gasteiger charge is -2.24. The van der Waals surface area contributed by atoms with E-state index in [4.69, 9.17) is 11.2 Å². The average molecular weight is 335 g/mol. The zero-order chi connectivity index (χ0) is 11.8. The molecule has 1 aliphatic heterocycles. The molecule has 0 spiro atoms. The fraction of sp³-hybridized carbons (Fsp3) is 0.750. The van der Waals surface area contributed by atoms with Crippen LogP contribution in [-0.4, -0.2) is 41.0 Å². The van der Waals surface area contributed by atoms with E-state index in [9.17, 15) is 4.79 Å². The third-order valence-electron chi connectivity index (χ3n) is 2.72. The van der Waals surface area contributed by atoms with Crippen LogP contribution in [-0.2, 0) is 9.53 Å². The van der Waals surface area contributed by atoms with Crippen LogP contribution in [0.25, 0.3) is 0 Å². The van der Waals surface area contributed by atoms with Crippen LogP contribution >= 0.6 is 22.6 Å². The van der Waals surface area contributed by atoms with Crippen molar-refractivity contribution in [3.63, 3.8) is 0 Å². The number of halogens is 1. The van der Waals surface area contributed by atoms with E-state index in [0.717, 1.165) is 30.2 Å². The normalized spacial score (nSPS) is 19.8. The lowest BCUT2D eigenvalue weighted by molar-refractivity contribution is -0.133. The molecule has 1 amide bonds. The SMILES string of the molecule is C#CCOCC1CCCN1C(=O)CCCI. The largest absolute Gasteiger partial charge is 0.367 e. The van der Waals surface area contributed by atoms with Gasteiger partial charge in [-0.25, -0.2) is 0 Å². The van der Waals surface area contributed by atoms with Crippen molar-refractivity contribution >= 4 is 28.5 Å². The summed E-state index contributed by atoms with van der Waals surface area (Å²) >= 11 is 2.30. The summed E-state index contributed by atoms with van der Waals surface area (Å²) in [5, 5.41) is 0. The second kappa shape index (κ2) is 7.91. The highest BCUT2D eigenvalue weighted by molar-refractivity contribution is 14.1. The highest BCUT2D eigenvalue weighted by Crippen LogP contribution is 2.19. The van der Waals surface area contributed by atoms with Gasteiger partial charge in [0.1, 0.15) is 6.61 Å². The molecule has 1 heterocycles. The molecule has 3 nitrogen and oxygen atoms in total. The van der Waals surface area contributed by atoms with Crippen LogP contribution in [0.1, 0.15) is 25.7 Å². The molecule has 0 aromatic heterocycles. The van der Waals surface area contributed by atoms with Crippen LogP contribution in [0.4, 0.5) is 0 Å². The van der Waals surface area contributed by atoms with E-state index in [1.165, 1.54) is 0 Å². The van der Waals surface area contributed by atoms with E-state index >= 15 is 0 Å².